The molecule has 0 fully saturated rings. The van der Waals surface area contributed by atoms with Gasteiger partial charge >= 0.3 is 0 Å². The number of benzene rings is 1. The molecule has 0 bridgehead atoms. The van der Waals surface area contributed by atoms with Crippen molar-refractivity contribution in [2.24, 2.45) is 0 Å². The smallest absolute Gasteiger partial charge is 0.227 e. The molecule has 0 amide bonds. The molecule has 136 valence electrons. The zero-order valence-electron chi connectivity index (χ0n) is 16.2. The molecule has 27 heavy (non-hydrogen) atoms. The maximum Gasteiger partial charge on any atom is 0.227 e. The van der Waals surface area contributed by atoms with Crippen LogP contribution in [0.5, 0.6) is 0 Å². The van der Waals surface area contributed by atoms with E-state index in [1.54, 1.807) is 0 Å². The van der Waals surface area contributed by atoms with E-state index in [0.717, 1.165) is 44.8 Å². The Kier molecular flexibility index (Phi) is 3.12. The molecule has 0 spiro atoms. The van der Waals surface area contributed by atoms with Gasteiger partial charge in [0.25, 0.3) is 0 Å². The van der Waals surface area contributed by atoms with Gasteiger partial charge in [0.2, 0.25) is 5.71 Å². The summed E-state index contributed by atoms with van der Waals surface area (Å²) in [7, 11) is 2.09. The second kappa shape index (κ2) is 5.22. The first-order valence-electron chi connectivity index (χ1n) is 9.18. The summed E-state index contributed by atoms with van der Waals surface area (Å²) in [5.41, 5.74) is 5.57. The molecular formula is C22H22N4O. The van der Waals surface area contributed by atoms with Crippen LogP contribution in [0.4, 0.5) is 17.2 Å². The van der Waals surface area contributed by atoms with Crippen molar-refractivity contribution in [3.05, 3.63) is 53.9 Å². The van der Waals surface area contributed by atoms with Crippen LogP contribution < -0.4 is 9.80 Å². The van der Waals surface area contributed by atoms with Gasteiger partial charge in [-0.2, -0.15) is 0 Å². The fraction of sp³-hybridized carbons (Fsp3) is 0.273. The molecule has 4 aromatic rings. The minimum atomic E-state index is -0.280. The van der Waals surface area contributed by atoms with E-state index >= 15 is 0 Å². The third-order valence-electron chi connectivity index (χ3n) is 5.74. The van der Waals surface area contributed by atoms with Crippen LogP contribution in [0, 0.1) is 13.8 Å². The average molecular weight is 358 g/mol. The van der Waals surface area contributed by atoms with Crippen LogP contribution in [-0.2, 0) is 0 Å². The summed E-state index contributed by atoms with van der Waals surface area (Å²) in [6.45, 7) is 8.53. The van der Waals surface area contributed by atoms with Gasteiger partial charge in [0.05, 0.1) is 11.4 Å². The molecule has 0 saturated carbocycles. The lowest BCUT2D eigenvalue weighted by molar-refractivity contribution is 0.517. The van der Waals surface area contributed by atoms with Crippen LogP contribution in [0.15, 0.2) is 47.0 Å². The van der Waals surface area contributed by atoms with Gasteiger partial charge in [-0.25, -0.2) is 9.97 Å². The monoisotopic (exact) mass is 358 g/mol. The predicted octanol–water partition coefficient (Wildman–Crippen LogP) is 5.32. The van der Waals surface area contributed by atoms with Crippen LogP contribution in [-0.4, -0.2) is 22.7 Å². The van der Waals surface area contributed by atoms with Crippen molar-refractivity contribution < 1.29 is 4.42 Å². The number of rotatable bonds is 1. The lowest BCUT2D eigenvalue weighted by atomic mass is 10.1. The van der Waals surface area contributed by atoms with Gasteiger partial charge in [-0.05, 0) is 57.5 Å². The Labute approximate surface area is 158 Å². The molecule has 0 unspecified atom stereocenters. The summed E-state index contributed by atoms with van der Waals surface area (Å²) in [5.74, 6) is 0.976. The summed E-state index contributed by atoms with van der Waals surface area (Å²) >= 11 is 0. The molecule has 5 heteroatoms. The van der Waals surface area contributed by atoms with Crippen molar-refractivity contribution in [3.8, 4) is 0 Å². The van der Waals surface area contributed by atoms with Crippen molar-refractivity contribution in [1.29, 1.82) is 0 Å². The zero-order chi connectivity index (χ0) is 18.9. The molecule has 5 rings (SSSR count). The zero-order valence-corrected chi connectivity index (χ0v) is 16.2. The van der Waals surface area contributed by atoms with E-state index in [0.29, 0.717) is 5.71 Å². The normalized spacial score (nSPS) is 15.7. The molecule has 1 aliphatic heterocycles. The second-order valence-electron chi connectivity index (χ2n) is 7.75. The lowest BCUT2D eigenvalue weighted by Gasteiger charge is -2.38. The van der Waals surface area contributed by atoms with Crippen molar-refractivity contribution >= 4 is 39.3 Å². The van der Waals surface area contributed by atoms with E-state index in [2.05, 4.69) is 71.9 Å². The van der Waals surface area contributed by atoms with Crippen LogP contribution in [0.2, 0.25) is 0 Å². The summed E-state index contributed by atoms with van der Waals surface area (Å²) in [4.78, 5) is 13.8. The van der Waals surface area contributed by atoms with E-state index in [1.807, 2.05) is 25.3 Å². The number of fused-ring (bicyclic) bond motifs is 4. The van der Waals surface area contributed by atoms with Gasteiger partial charge in [-0.15, -0.1) is 0 Å². The van der Waals surface area contributed by atoms with Gasteiger partial charge in [0, 0.05) is 29.7 Å². The number of hydrogen-bond donors (Lipinski definition) is 0. The van der Waals surface area contributed by atoms with Crippen molar-refractivity contribution in [2.45, 2.75) is 33.4 Å². The van der Waals surface area contributed by atoms with Crippen LogP contribution in [0.3, 0.4) is 0 Å². The molecule has 1 aromatic carbocycles. The highest BCUT2D eigenvalue weighted by Crippen LogP contribution is 2.50. The van der Waals surface area contributed by atoms with Gasteiger partial charge in [0.15, 0.2) is 11.4 Å². The van der Waals surface area contributed by atoms with Gasteiger partial charge < -0.3 is 14.2 Å². The number of aryl methyl sites for hydroxylation is 2. The van der Waals surface area contributed by atoms with E-state index < -0.39 is 0 Å². The molecule has 0 saturated heterocycles. The highest BCUT2D eigenvalue weighted by molar-refractivity contribution is 6.10. The Morgan fingerprint density at radius 3 is 2.59 bits per heavy atom. The number of pyridine rings is 2. The van der Waals surface area contributed by atoms with E-state index in [4.69, 9.17) is 4.42 Å². The molecule has 0 radical (unpaired) electrons. The highest BCUT2D eigenvalue weighted by atomic mass is 16.3. The SMILES string of the molecule is Cc1ccc2c(n1)oc1c(N3c4cccnc4N(C)C3(C)C)c(C)ccc12. The first-order chi connectivity index (χ1) is 12.9. The molecule has 0 N–H and O–H groups in total. The molecule has 4 heterocycles. The summed E-state index contributed by atoms with van der Waals surface area (Å²) in [6, 6.07) is 12.5. The predicted molar refractivity (Wildman–Crippen MR) is 110 cm³/mol. The maximum atomic E-state index is 6.31. The number of aromatic nitrogens is 2. The minimum Gasteiger partial charge on any atom is -0.435 e. The Morgan fingerprint density at radius 1 is 1.00 bits per heavy atom. The van der Waals surface area contributed by atoms with Gasteiger partial charge in [-0.3, -0.25) is 0 Å². The summed E-state index contributed by atoms with van der Waals surface area (Å²) in [5, 5.41) is 2.14. The third kappa shape index (κ3) is 2.05. The van der Waals surface area contributed by atoms with Crippen molar-refractivity contribution in [2.75, 3.05) is 16.8 Å². The third-order valence-corrected chi connectivity index (χ3v) is 5.74. The summed E-state index contributed by atoms with van der Waals surface area (Å²) in [6.07, 6.45) is 1.84. The molecule has 5 nitrogen and oxygen atoms in total. The van der Waals surface area contributed by atoms with E-state index in [9.17, 15) is 0 Å². The first kappa shape index (κ1) is 16.1. The number of hydrogen-bond acceptors (Lipinski definition) is 5. The van der Waals surface area contributed by atoms with Crippen LogP contribution in [0.1, 0.15) is 25.1 Å². The van der Waals surface area contributed by atoms with E-state index in [-0.39, 0.29) is 5.66 Å². The maximum absolute atomic E-state index is 6.31. The fourth-order valence-electron chi connectivity index (χ4n) is 4.09. The molecule has 3 aromatic heterocycles. The topological polar surface area (TPSA) is 45.4 Å². The standard InChI is InChI=1S/C22H22N4O/c1-13-8-10-15-16-11-9-14(2)24-21(16)27-19(15)18(13)26-17-7-6-12-23-20(17)25(5)22(26,3)4/h6-12H,1-5H3. The lowest BCUT2D eigenvalue weighted by Crippen LogP contribution is -2.49. The first-order valence-corrected chi connectivity index (χ1v) is 9.18. The molecular weight excluding hydrogens is 336 g/mol. The molecule has 0 aliphatic carbocycles. The second-order valence-corrected chi connectivity index (χ2v) is 7.75. The Hall–Kier alpha value is -3.08. The Morgan fingerprint density at radius 2 is 1.78 bits per heavy atom. The molecule has 1 aliphatic rings. The summed E-state index contributed by atoms with van der Waals surface area (Å²) < 4.78 is 6.31. The average Bonchev–Trinajstić information content (AvgIpc) is 3.09. The Balaban J connectivity index is 1.87. The fourth-order valence-corrected chi connectivity index (χ4v) is 4.09. The van der Waals surface area contributed by atoms with Crippen LogP contribution in [0.25, 0.3) is 22.1 Å². The molecule has 0 atom stereocenters. The van der Waals surface area contributed by atoms with Crippen molar-refractivity contribution in [3.63, 3.8) is 0 Å². The van der Waals surface area contributed by atoms with Gasteiger partial charge in [-0.1, -0.05) is 12.1 Å². The number of anilines is 3. The van der Waals surface area contributed by atoms with E-state index in [1.165, 1.54) is 0 Å². The van der Waals surface area contributed by atoms with Crippen molar-refractivity contribution in [1.82, 2.24) is 9.97 Å². The minimum absolute atomic E-state index is 0.280. The number of nitrogens with zero attached hydrogens (tertiary/aromatic N) is 4. The largest absolute Gasteiger partial charge is 0.435 e. The number of furan rings is 1. The Bertz CT molecular complexity index is 1210. The van der Waals surface area contributed by atoms with Crippen LogP contribution >= 0.6 is 0 Å². The van der Waals surface area contributed by atoms with Gasteiger partial charge in [0.1, 0.15) is 5.66 Å². The quantitative estimate of drug-likeness (QED) is 0.461. The highest BCUT2D eigenvalue weighted by Gasteiger charge is 2.43.